The highest BCUT2D eigenvalue weighted by Crippen LogP contribution is 1.98. The normalized spacial score (nSPS) is 10.3. The first-order chi connectivity index (χ1) is 6.75. The van der Waals surface area contributed by atoms with Gasteiger partial charge in [-0.15, -0.1) is 0 Å². The van der Waals surface area contributed by atoms with Gasteiger partial charge in [-0.25, -0.2) is 9.78 Å². The van der Waals surface area contributed by atoms with Crippen LogP contribution < -0.4 is 0 Å². The highest BCUT2D eigenvalue weighted by Gasteiger charge is 2.06. The molecular formula is C8H8N4O2. The molecule has 0 saturated heterocycles. The van der Waals surface area contributed by atoms with Crippen molar-refractivity contribution >= 4 is 5.97 Å². The number of hydrogen-bond donors (Lipinski definition) is 2. The first-order valence-electron chi connectivity index (χ1n) is 4.01. The van der Waals surface area contributed by atoms with Crippen molar-refractivity contribution in [3.8, 4) is 0 Å². The number of aromatic nitrogens is 4. The fourth-order valence-electron chi connectivity index (χ4n) is 1.10. The predicted octanol–water partition coefficient (Wildman–Crippen LogP) is 0.353. The van der Waals surface area contributed by atoms with E-state index < -0.39 is 5.97 Å². The number of rotatable bonds is 3. The average molecular weight is 192 g/mol. The predicted molar refractivity (Wildman–Crippen MR) is 46.9 cm³/mol. The molecule has 0 amide bonds. The van der Waals surface area contributed by atoms with E-state index in [-0.39, 0.29) is 5.69 Å². The topological polar surface area (TPSA) is 83.8 Å². The highest BCUT2D eigenvalue weighted by atomic mass is 16.4. The lowest BCUT2D eigenvalue weighted by molar-refractivity contribution is 0.0689. The largest absolute Gasteiger partial charge is 0.476 e. The van der Waals surface area contributed by atoms with Crippen molar-refractivity contribution in [1.29, 1.82) is 0 Å². The Morgan fingerprint density at radius 1 is 1.64 bits per heavy atom. The van der Waals surface area contributed by atoms with Crippen LogP contribution in [0.2, 0.25) is 0 Å². The molecule has 6 heteroatoms. The van der Waals surface area contributed by atoms with E-state index in [0.717, 1.165) is 5.82 Å². The van der Waals surface area contributed by atoms with Crippen LogP contribution in [0.1, 0.15) is 16.3 Å². The van der Waals surface area contributed by atoms with Crippen LogP contribution in [0, 0.1) is 0 Å². The summed E-state index contributed by atoms with van der Waals surface area (Å²) in [6.07, 6.45) is 4.94. The quantitative estimate of drug-likeness (QED) is 0.735. The Hall–Kier alpha value is -2.11. The fourth-order valence-corrected chi connectivity index (χ4v) is 1.10. The SMILES string of the molecule is O=C(O)c1ccn(Cc2ncc[nH]2)n1. The van der Waals surface area contributed by atoms with Gasteiger partial charge in [-0.1, -0.05) is 0 Å². The molecule has 0 aliphatic carbocycles. The van der Waals surface area contributed by atoms with Gasteiger partial charge >= 0.3 is 5.97 Å². The summed E-state index contributed by atoms with van der Waals surface area (Å²) in [6, 6.07) is 1.45. The molecule has 0 bridgehead atoms. The van der Waals surface area contributed by atoms with Gasteiger partial charge < -0.3 is 10.1 Å². The van der Waals surface area contributed by atoms with Crippen molar-refractivity contribution < 1.29 is 9.90 Å². The zero-order valence-corrected chi connectivity index (χ0v) is 7.21. The molecule has 2 aromatic heterocycles. The maximum Gasteiger partial charge on any atom is 0.356 e. The van der Waals surface area contributed by atoms with Crippen molar-refractivity contribution in [2.24, 2.45) is 0 Å². The Balaban J connectivity index is 2.14. The van der Waals surface area contributed by atoms with Crippen LogP contribution in [-0.2, 0) is 6.54 Å². The highest BCUT2D eigenvalue weighted by molar-refractivity contribution is 5.84. The monoisotopic (exact) mass is 192 g/mol. The van der Waals surface area contributed by atoms with Crippen LogP contribution in [0.15, 0.2) is 24.7 Å². The number of imidazole rings is 1. The van der Waals surface area contributed by atoms with E-state index in [9.17, 15) is 4.79 Å². The molecule has 0 spiro atoms. The summed E-state index contributed by atoms with van der Waals surface area (Å²) in [5.74, 6) is -0.284. The molecule has 2 N–H and O–H groups in total. The minimum Gasteiger partial charge on any atom is -0.476 e. The van der Waals surface area contributed by atoms with Gasteiger partial charge in [-0.2, -0.15) is 5.10 Å². The summed E-state index contributed by atoms with van der Waals surface area (Å²) in [7, 11) is 0. The maximum atomic E-state index is 10.5. The van der Waals surface area contributed by atoms with Crippen LogP contribution in [0.25, 0.3) is 0 Å². The standard InChI is InChI=1S/C8H8N4O2/c13-8(14)6-1-4-12(11-6)5-7-9-2-3-10-7/h1-4H,5H2,(H,9,10)(H,13,14). The molecule has 2 rings (SSSR count). The van der Waals surface area contributed by atoms with Gasteiger partial charge in [0.1, 0.15) is 5.82 Å². The second-order valence-electron chi connectivity index (χ2n) is 2.74. The molecule has 14 heavy (non-hydrogen) atoms. The molecule has 0 atom stereocenters. The van der Waals surface area contributed by atoms with E-state index in [4.69, 9.17) is 5.11 Å². The summed E-state index contributed by atoms with van der Waals surface area (Å²) < 4.78 is 1.52. The van der Waals surface area contributed by atoms with Gasteiger partial charge in [0, 0.05) is 18.6 Å². The number of nitrogens with zero attached hydrogens (tertiary/aromatic N) is 3. The summed E-state index contributed by atoms with van der Waals surface area (Å²) in [4.78, 5) is 17.4. The molecule has 0 radical (unpaired) electrons. The fraction of sp³-hybridized carbons (Fsp3) is 0.125. The molecule has 6 nitrogen and oxygen atoms in total. The number of carbonyl (C=O) groups is 1. The van der Waals surface area contributed by atoms with E-state index in [2.05, 4.69) is 15.1 Å². The van der Waals surface area contributed by atoms with Gasteiger partial charge in [0.2, 0.25) is 0 Å². The Morgan fingerprint density at radius 3 is 3.07 bits per heavy atom. The Kier molecular flexibility index (Phi) is 2.02. The Bertz CT molecular complexity index is 432. The summed E-state index contributed by atoms with van der Waals surface area (Å²) in [5.41, 5.74) is 0.0385. The third kappa shape index (κ3) is 1.63. The number of carboxylic acid groups (broad SMARTS) is 1. The third-order valence-corrected chi connectivity index (χ3v) is 1.73. The summed E-state index contributed by atoms with van der Waals surface area (Å²) >= 11 is 0. The molecule has 0 aliphatic rings. The molecule has 0 aromatic carbocycles. The van der Waals surface area contributed by atoms with Crippen molar-refractivity contribution in [3.05, 3.63) is 36.2 Å². The molecule has 2 aromatic rings. The lowest BCUT2D eigenvalue weighted by atomic mass is 10.5. The lowest BCUT2D eigenvalue weighted by Gasteiger charge is -1.96. The van der Waals surface area contributed by atoms with E-state index in [0.29, 0.717) is 6.54 Å². The average Bonchev–Trinajstić information content (AvgIpc) is 2.75. The number of aromatic carboxylic acids is 1. The molecule has 0 aliphatic heterocycles. The van der Waals surface area contributed by atoms with E-state index >= 15 is 0 Å². The summed E-state index contributed by atoms with van der Waals surface area (Å²) in [6.45, 7) is 0.445. The number of H-pyrrole nitrogens is 1. The first kappa shape index (κ1) is 8.49. The Morgan fingerprint density at radius 2 is 2.50 bits per heavy atom. The third-order valence-electron chi connectivity index (χ3n) is 1.73. The van der Waals surface area contributed by atoms with Gasteiger partial charge in [0.05, 0.1) is 6.54 Å². The first-order valence-corrected chi connectivity index (χ1v) is 4.01. The maximum absolute atomic E-state index is 10.5. The smallest absolute Gasteiger partial charge is 0.356 e. The second-order valence-corrected chi connectivity index (χ2v) is 2.74. The van der Waals surface area contributed by atoms with Crippen molar-refractivity contribution in [1.82, 2.24) is 19.7 Å². The van der Waals surface area contributed by atoms with Crippen LogP contribution in [0.4, 0.5) is 0 Å². The number of nitrogens with one attached hydrogen (secondary N) is 1. The number of aromatic amines is 1. The van der Waals surface area contributed by atoms with Gasteiger partial charge in [-0.05, 0) is 6.07 Å². The molecular weight excluding hydrogens is 184 g/mol. The minimum atomic E-state index is -1.02. The van der Waals surface area contributed by atoms with Crippen molar-refractivity contribution in [2.45, 2.75) is 6.54 Å². The lowest BCUT2D eigenvalue weighted by Crippen LogP contribution is -2.04. The molecule has 0 fully saturated rings. The molecule has 0 saturated carbocycles. The minimum absolute atomic E-state index is 0.0385. The van der Waals surface area contributed by atoms with Crippen molar-refractivity contribution in [3.63, 3.8) is 0 Å². The Labute approximate surface area is 79.2 Å². The van der Waals surface area contributed by atoms with E-state index in [1.807, 2.05) is 0 Å². The van der Waals surface area contributed by atoms with E-state index in [1.165, 1.54) is 10.7 Å². The number of carboxylic acids is 1. The zero-order chi connectivity index (χ0) is 9.97. The summed E-state index contributed by atoms with van der Waals surface area (Å²) in [5, 5.41) is 12.5. The van der Waals surface area contributed by atoms with Crippen LogP contribution in [0.3, 0.4) is 0 Å². The molecule has 2 heterocycles. The van der Waals surface area contributed by atoms with Gasteiger partial charge in [-0.3, -0.25) is 4.68 Å². The van der Waals surface area contributed by atoms with Crippen molar-refractivity contribution in [2.75, 3.05) is 0 Å². The second kappa shape index (κ2) is 3.33. The van der Waals surface area contributed by atoms with Gasteiger partial charge in [0.15, 0.2) is 5.69 Å². The number of hydrogen-bond acceptors (Lipinski definition) is 3. The van der Waals surface area contributed by atoms with Crippen LogP contribution in [0.5, 0.6) is 0 Å². The van der Waals surface area contributed by atoms with Crippen LogP contribution in [-0.4, -0.2) is 30.8 Å². The van der Waals surface area contributed by atoms with Crippen LogP contribution >= 0.6 is 0 Å². The van der Waals surface area contributed by atoms with Gasteiger partial charge in [0.25, 0.3) is 0 Å². The molecule has 72 valence electrons. The molecule has 0 unspecified atom stereocenters. The zero-order valence-electron chi connectivity index (χ0n) is 7.21. The van der Waals surface area contributed by atoms with E-state index in [1.54, 1.807) is 18.6 Å².